The van der Waals surface area contributed by atoms with Crippen LogP contribution in [0.5, 0.6) is 0 Å². The average Bonchev–Trinajstić information content (AvgIpc) is 2.91. The zero-order chi connectivity index (χ0) is 15.0. The zero-order valence-electron chi connectivity index (χ0n) is 13.0. The standard InChI is InChI=1S/C12H26N4O3S.HI/c1-4-20(17,18)15-7-6-14-12(13-2)16(3)9-11-5-8-19-10-11;/h11,15H,4-10H2,1-3H3,(H,13,14);1H. The van der Waals surface area contributed by atoms with Crippen LogP contribution in [0.15, 0.2) is 4.99 Å². The Morgan fingerprint density at radius 3 is 2.67 bits per heavy atom. The fourth-order valence-corrected chi connectivity index (χ4v) is 2.69. The minimum absolute atomic E-state index is 0. The molecular weight excluding hydrogens is 407 g/mol. The Balaban J connectivity index is 0.00000400. The van der Waals surface area contributed by atoms with E-state index in [1.165, 1.54) is 0 Å². The van der Waals surface area contributed by atoms with Crippen molar-refractivity contribution in [3.8, 4) is 0 Å². The molecule has 7 nitrogen and oxygen atoms in total. The van der Waals surface area contributed by atoms with Gasteiger partial charge >= 0.3 is 0 Å². The van der Waals surface area contributed by atoms with Crippen LogP contribution in [0, 0.1) is 5.92 Å². The van der Waals surface area contributed by atoms with Crippen LogP contribution in [0.1, 0.15) is 13.3 Å². The number of aliphatic imine (C=N–C) groups is 1. The van der Waals surface area contributed by atoms with Crippen LogP contribution in [0.2, 0.25) is 0 Å². The molecule has 1 atom stereocenters. The maximum absolute atomic E-state index is 11.3. The summed E-state index contributed by atoms with van der Waals surface area (Å²) in [6, 6.07) is 0. The van der Waals surface area contributed by atoms with Gasteiger partial charge in [0.1, 0.15) is 0 Å². The molecule has 0 aliphatic carbocycles. The van der Waals surface area contributed by atoms with Crippen molar-refractivity contribution in [1.29, 1.82) is 0 Å². The summed E-state index contributed by atoms with van der Waals surface area (Å²) in [5.41, 5.74) is 0. The summed E-state index contributed by atoms with van der Waals surface area (Å²) in [6.07, 6.45) is 1.08. The number of guanidine groups is 1. The van der Waals surface area contributed by atoms with Gasteiger partial charge in [0.05, 0.1) is 12.4 Å². The van der Waals surface area contributed by atoms with Crippen LogP contribution in [-0.4, -0.2) is 72.0 Å². The maximum atomic E-state index is 11.3. The summed E-state index contributed by atoms with van der Waals surface area (Å²) in [7, 11) is 0.575. The Kier molecular flexibility index (Phi) is 10.5. The molecule has 1 rings (SSSR count). The van der Waals surface area contributed by atoms with Crippen LogP contribution in [0.3, 0.4) is 0 Å². The monoisotopic (exact) mass is 434 g/mol. The molecule has 1 aliphatic heterocycles. The Hall–Kier alpha value is -0.130. The number of ether oxygens (including phenoxy) is 1. The van der Waals surface area contributed by atoms with Crippen molar-refractivity contribution in [2.45, 2.75) is 13.3 Å². The Bertz CT molecular complexity index is 411. The predicted octanol–water partition coefficient (Wildman–Crippen LogP) is 0.0874. The molecule has 0 saturated carbocycles. The lowest BCUT2D eigenvalue weighted by molar-refractivity contribution is 0.181. The fraction of sp³-hybridized carbons (Fsp3) is 0.917. The van der Waals surface area contributed by atoms with Gasteiger partial charge in [0.2, 0.25) is 10.0 Å². The Morgan fingerprint density at radius 2 is 2.14 bits per heavy atom. The van der Waals surface area contributed by atoms with E-state index in [-0.39, 0.29) is 29.7 Å². The van der Waals surface area contributed by atoms with Gasteiger partial charge in [-0.3, -0.25) is 4.99 Å². The van der Waals surface area contributed by atoms with Gasteiger partial charge in [-0.2, -0.15) is 0 Å². The first kappa shape index (κ1) is 20.9. The SMILES string of the molecule is CCS(=O)(=O)NCCNC(=NC)N(C)CC1CCOC1.I. The lowest BCUT2D eigenvalue weighted by Crippen LogP contribution is -2.44. The summed E-state index contributed by atoms with van der Waals surface area (Å²) < 4.78 is 30.4. The van der Waals surface area contributed by atoms with Crippen molar-refractivity contribution in [2.24, 2.45) is 10.9 Å². The molecule has 9 heteroatoms. The van der Waals surface area contributed by atoms with Gasteiger partial charge < -0.3 is 15.0 Å². The van der Waals surface area contributed by atoms with E-state index in [0.29, 0.717) is 19.0 Å². The number of rotatable bonds is 7. The lowest BCUT2D eigenvalue weighted by atomic mass is 10.1. The Labute approximate surface area is 145 Å². The van der Waals surface area contributed by atoms with Crippen molar-refractivity contribution in [2.75, 3.05) is 52.7 Å². The molecule has 0 radical (unpaired) electrons. The quantitative estimate of drug-likeness (QED) is 0.257. The molecule has 126 valence electrons. The second-order valence-corrected chi connectivity index (χ2v) is 6.98. The van der Waals surface area contributed by atoms with Gasteiger partial charge in [-0.25, -0.2) is 13.1 Å². The third-order valence-corrected chi connectivity index (χ3v) is 4.64. The molecule has 0 aromatic heterocycles. The van der Waals surface area contributed by atoms with Crippen LogP contribution in [0.4, 0.5) is 0 Å². The summed E-state index contributed by atoms with van der Waals surface area (Å²) in [4.78, 5) is 6.25. The summed E-state index contributed by atoms with van der Waals surface area (Å²) >= 11 is 0. The summed E-state index contributed by atoms with van der Waals surface area (Å²) in [6.45, 7) is 5.01. The van der Waals surface area contributed by atoms with E-state index in [9.17, 15) is 8.42 Å². The van der Waals surface area contributed by atoms with Gasteiger partial charge in [-0.1, -0.05) is 0 Å². The highest BCUT2D eigenvalue weighted by Gasteiger charge is 2.18. The van der Waals surface area contributed by atoms with E-state index in [4.69, 9.17) is 4.74 Å². The van der Waals surface area contributed by atoms with Crippen molar-refractivity contribution < 1.29 is 13.2 Å². The first-order chi connectivity index (χ1) is 9.48. The van der Waals surface area contributed by atoms with Crippen molar-refractivity contribution in [3.05, 3.63) is 0 Å². The highest BCUT2D eigenvalue weighted by molar-refractivity contribution is 14.0. The van der Waals surface area contributed by atoms with Gasteiger partial charge in [0.25, 0.3) is 0 Å². The lowest BCUT2D eigenvalue weighted by Gasteiger charge is -2.24. The summed E-state index contributed by atoms with van der Waals surface area (Å²) in [5.74, 6) is 1.41. The van der Waals surface area contributed by atoms with Gasteiger partial charge in [-0.15, -0.1) is 24.0 Å². The molecule has 0 spiro atoms. The van der Waals surface area contributed by atoms with Crippen LogP contribution >= 0.6 is 24.0 Å². The minimum atomic E-state index is -3.12. The van der Waals surface area contributed by atoms with E-state index >= 15 is 0 Å². The van der Waals surface area contributed by atoms with Crippen molar-refractivity contribution >= 4 is 40.0 Å². The number of hydrogen-bond acceptors (Lipinski definition) is 4. The predicted molar refractivity (Wildman–Crippen MR) is 95.8 cm³/mol. The second kappa shape index (κ2) is 10.6. The van der Waals surface area contributed by atoms with Crippen LogP contribution < -0.4 is 10.0 Å². The molecule has 1 heterocycles. The summed E-state index contributed by atoms with van der Waals surface area (Å²) in [5, 5.41) is 3.15. The van der Waals surface area contributed by atoms with E-state index in [2.05, 4.69) is 15.0 Å². The van der Waals surface area contributed by atoms with E-state index in [0.717, 1.165) is 32.1 Å². The molecule has 0 aromatic carbocycles. The topological polar surface area (TPSA) is 83.0 Å². The molecule has 1 unspecified atom stereocenters. The fourth-order valence-electron chi connectivity index (χ4n) is 2.07. The molecule has 0 aromatic rings. The van der Waals surface area contributed by atoms with Gasteiger partial charge in [-0.05, 0) is 13.3 Å². The largest absolute Gasteiger partial charge is 0.381 e. The number of sulfonamides is 1. The second-order valence-electron chi connectivity index (χ2n) is 4.88. The molecule has 1 aliphatic rings. The maximum Gasteiger partial charge on any atom is 0.211 e. The number of nitrogens with one attached hydrogen (secondary N) is 2. The van der Waals surface area contributed by atoms with Crippen LogP contribution in [0.25, 0.3) is 0 Å². The van der Waals surface area contributed by atoms with Crippen LogP contribution in [-0.2, 0) is 14.8 Å². The molecule has 0 amide bonds. The van der Waals surface area contributed by atoms with Crippen molar-refractivity contribution in [3.63, 3.8) is 0 Å². The highest BCUT2D eigenvalue weighted by Crippen LogP contribution is 2.13. The average molecular weight is 434 g/mol. The Morgan fingerprint density at radius 1 is 1.43 bits per heavy atom. The third kappa shape index (κ3) is 8.17. The molecule has 2 N–H and O–H groups in total. The molecule has 1 saturated heterocycles. The van der Waals surface area contributed by atoms with E-state index in [1.807, 2.05) is 11.9 Å². The van der Waals surface area contributed by atoms with Gasteiger partial charge in [0.15, 0.2) is 5.96 Å². The van der Waals surface area contributed by atoms with E-state index in [1.54, 1.807) is 14.0 Å². The molecule has 21 heavy (non-hydrogen) atoms. The zero-order valence-corrected chi connectivity index (χ0v) is 16.1. The minimum Gasteiger partial charge on any atom is -0.381 e. The van der Waals surface area contributed by atoms with E-state index < -0.39 is 10.0 Å². The first-order valence-corrected chi connectivity index (χ1v) is 8.60. The molecule has 1 fully saturated rings. The number of halogens is 1. The molecule has 0 bridgehead atoms. The van der Waals surface area contributed by atoms with Crippen molar-refractivity contribution in [1.82, 2.24) is 14.9 Å². The van der Waals surface area contributed by atoms with Gasteiger partial charge in [0, 0.05) is 46.3 Å². The number of nitrogens with zero attached hydrogens (tertiary/aromatic N) is 2. The third-order valence-electron chi connectivity index (χ3n) is 3.24. The number of hydrogen-bond donors (Lipinski definition) is 2. The molecular formula is C12H27IN4O3S. The normalized spacial score (nSPS) is 19.2. The smallest absolute Gasteiger partial charge is 0.211 e. The first-order valence-electron chi connectivity index (χ1n) is 6.95. The highest BCUT2D eigenvalue weighted by atomic mass is 127.